The van der Waals surface area contributed by atoms with Crippen molar-refractivity contribution < 1.29 is 0 Å². The molecule has 0 saturated carbocycles. The topological polar surface area (TPSA) is 26.0 Å². The smallest absolute Gasteiger partial charge is 0.0197 e. The van der Waals surface area contributed by atoms with Crippen LogP contribution in [0.4, 0.5) is 0 Å². The Kier molecular flexibility index (Phi) is 6.11. The molecule has 0 amide bonds. The van der Waals surface area contributed by atoms with E-state index in [4.69, 9.17) is 5.73 Å². The van der Waals surface area contributed by atoms with Gasteiger partial charge in [-0.15, -0.1) is 24.0 Å². The molecule has 1 nitrogen and oxygen atoms in total. The van der Waals surface area contributed by atoms with Crippen molar-refractivity contribution >= 4 is 24.0 Å². The maximum absolute atomic E-state index is 5.73. The van der Waals surface area contributed by atoms with Crippen molar-refractivity contribution in [1.82, 2.24) is 0 Å². The van der Waals surface area contributed by atoms with E-state index < -0.39 is 0 Å². The first-order valence-corrected chi connectivity index (χ1v) is 5.57. The zero-order valence-corrected chi connectivity index (χ0v) is 12.7. The first-order valence-electron chi connectivity index (χ1n) is 5.57. The van der Waals surface area contributed by atoms with Crippen molar-refractivity contribution in [1.29, 1.82) is 0 Å². The van der Waals surface area contributed by atoms with Gasteiger partial charge in [-0.25, -0.2) is 0 Å². The Hall–Kier alpha value is 0.170. The normalized spacial score (nSPS) is 22.7. The summed E-state index contributed by atoms with van der Waals surface area (Å²) < 4.78 is 0. The summed E-state index contributed by atoms with van der Waals surface area (Å²) in [5.41, 5.74) is 9.12. The maximum atomic E-state index is 5.73. The quantitative estimate of drug-likeness (QED) is 0.764. The average molecular weight is 321 g/mol. The highest BCUT2D eigenvalue weighted by molar-refractivity contribution is 14.0. The van der Waals surface area contributed by atoms with E-state index in [0.717, 1.165) is 0 Å². The van der Waals surface area contributed by atoms with Crippen LogP contribution in [-0.4, -0.2) is 6.04 Å². The first kappa shape index (κ1) is 15.2. The van der Waals surface area contributed by atoms with Gasteiger partial charge in [0.15, 0.2) is 0 Å². The number of hydrogen-bond donors (Lipinski definition) is 1. The molecule has 1 rings (SSSR count). The molecule has 0 spiro atoms. The maximum Gasteiger partial charge on any atom is 0.0197 e. The number of hydrogen-bond acceptors (Lipinski definition) is 1. The van der Waals surface area contributed by atoms with E-state index >= 15 is 0 Å². The third-order valence-corrected chi connectivity index (χ3v) is 3.11. The molecule has 0 saturated heterocycles. The van der Waals surface area contributed by atoms with Crippen molar-refractivity contribution in [3.63, 3.8) is 0 Å². The fourth-order valence-electron chi connectivity index (χ4n) is 2.26. The molecular weight excluding hydrogens is 297 g/mol. The van der Waals surface area contributed by atoms with Gasteiger partial charge >= 0.3 is 0 Å². The second-order valence-corrected chi connectivity index (χ2v) is 5.15. The molecule has 2 N–H and O–H groups in total. The van der Waals surface area contributed by atoms with Gasteiger partial charge in [-0.3, -0.25) is 0 Å². The third-order valence-electron chi connectivity index (χ3n) is 3.11. The summed E-state index contributed by atoms with van der Waals surface area (Å²) in [4.78, 5) is 0. The minimum absolute atomic E-state index is 0. The van der Waals surface area contributed by atoms with Gasteiger partial charge in [-0.1, -0.05) is 31.6 Å². The molecule has 0 heterocycles. The van der Waals surface area contributed by atoms with Gasteiger partial charge in [0.05, 0.1) is 0 Å². The van der Waals surface area contributed by atoms with Crippen LogP contribution in [0.15, 0.2) is 23.3 Å². The lowest BCUT2D eigenvalue weighted by molar-refractivity contribution is 0.376. The average Bonchev–Trinajstić information content (AvgIpc) is 2.01. The molecule has 1 atom stereocenters. The van der Waals surface area contributed by atoms with Gasteiger partial charge in [-0.05, 0) is 44.1 Å². The summed E-state index contributed by atoms with van der Waals surface area (Å²) >= 11 is 0. The van der Waals surface area contributed by atoms with Crippen LogP contribution in [0.2, 0.25) is 0 Å². The standard InChI is InChI=1S/C13H23N.HI/c1-10-6-5-9-13(3,4)12(10)8-7-11(2)14;/h7-8,11H,5-6,9,14H2,1-4H3;1H/b8-7+;. The predicted molar refractivity (Wildman–Crippen MR) is 78.5 cm³/mol. The second kappa shape index (κ2) is 6.04. The van der Waals surface area contributed by atoms with E-state index in [2.05, 4.69) is 32.9 Å². The first-order chi connectivity index (χ1) is 6.43. The molecule has 0 bridgehead atoms. The number of halogens is 1. The molecule has 0 aromatic carbocycles. The summed E-state index contributed by atoms with van der Waals surface area (Å²) in [5.74, 6) is 0. The summed E-state index contributed by atoms with van der Waals surface area (Å²) in [6, 6.07) is 0.160. The minimum atomic E-state index is 0. The van der Waals surface area contributed by atoms with Crippen molar-refractivity contribution in [2.75, 3.05) is 0 Å². The zero-order valence-electron chi connectivity index (χ0n) is 10.3. The molecular formula is C13H24IN. The van der Waals surface area contributed by atoms with Gasteiger partial charge in [0.2, 0.25) is 0 Å². The molecule has 15 heavy (non-hydrogen) atoms. The zero-order chi connectivity index (χ0) is 10.8. The van der Waals surface area contributed by atoms with E-state index in [9.17, 15) is 0 Å². The Balaban J connectivity index is 0.00000196. The molecule has 0 aliphatic heterocycles. The summed E-state index contributed by atoms with van der Waals surface area (Å²) in [7, 11) is 0. The molecule has 0 aromatic heterocycles. The van der Waals surface area contributed by atoms with Crippen LogP contribution in [-0.2, 0) is 0 Å². The van der Waals surface area contributed by atoms with Crippen LogP contribution in [0.25, 0.3) is 0 Å². The number of nitrogens with two attached hydrogens (primary N) is 1. The Labute approximate surface area is 111 Å². The highest BCUT2D eigenvalue weighted by Crippen LogP contribution is 2.40. The molecule has 1 aliphatic carbocycles. The largest absolute Gasteiger partial charge is 0.325 e. The number of allylic oxidation sites excluding steroid dienone is 3. The molecule has 0 fully saturated rings. The van der Waals surface area contributed by atoms with Crippen molar-refractivity contribution in [3.8, 4) is 0 Å². The van der Waals surface area contributed by atoms with Crippen LogP contribution in [0.3, 0.4) is 0 Å². The monoisotopic (exact) mass is 321 g/mol. The van der Waals surface area contributed by atoms with Crippen LogP contribution in [0.5, 0.6) is 0 Å². The van der Waals surface area contributed by atoms with Crippen molar-refractivity contribution in [3.05, 3.63) is 23.3 Å². The van der Waals surface area contributed by atoms with E-state index in [-0.39, 0.29) is 30.0 Å². The molecule has 0 aromatic rings. The van der Waals surface area contributed by atoms with E-state index in [1.807, 2.05) is 6.92 Å². The van der Waals surface area contributed by atoms with Gasteiger partial charge in [0, 0.05) is 6.04 Å². The molecule has 2 heteroatoms. The van der Waals surface area contributed by atoms with Gasteiger partial charge in [0.1, 0.15) is 0 Å². The summed E-state index contributed by atoms with van der Waals surface area (Å²) in [6.45, 7) is 8.93. The molecule has 1 unspecified atom stereocenters. The fraction of sp³-hybridized carbons (Fsp3) is 0.692. The molecule has 0 radical (unpaired) electrons. The van der Waals surface area contributed by atoms with Crippen LogP contribution in [0.1, 0.15) is 47.0 Å². The van der Waals surface area contributed by atoms with E-state index in [0.29, 0.717) is 5.41 Å². The summed E-state index contributed by atoms with van der Waals surface area (Å²) in [5, 5.41) is 0. The summed E-state index contributed by atoms with van der Waals surface area (Å²) in [6.07, 6.45) is 8.21. The highest BCUT2D eigenvalue weighted by Gasteiger charge is 2.26. The lowest BCUT2D eigenvalue weighted by Crippen LogP contribution is -2.20. The Morgan fingerprint density at radius 1 is 1.40 bits per heavy atom. The van der Waals surface area contributed by atoms with Crippen molar-refractivity contribution in [2.45, 2.75) is 53.0 Å². The lowest BCUT2D eigenvalue weighted by Gasteiger charge is -2.33. The SMILES string of the molecule is CC1=C(/C=C/C(C)N)C(C)(C)CCC1.I. The van der Waals surface area contributed by atoms with Gasteiger partial charge in [0.25, 0.3) is 0 Å². The highest BCUT2D eigenvalue weighted by atomic mass is 127. The van der Waals surface area contributed by atoms with Crippen molar-refractivity contribution in [2.24, 2.45) is 11.1 Å². The van der Waals surface area contributed by atoms with E-state index in [1.54, 1.807) is 0 Å². The molecule has 1 aliphatic rings. The second-order valence-electron chi connectivity index (χ2n) is 5.15. The Bertz CT molecular complexity index is 262. The van der Waals surface area contributed by atoms with Crippen LogP contribution >= 0.6 is 24.0 Å². The van der Waals surface area contributed by atoms with E-state index in [1.165, 1.54) is 30.4 Å². The van der Waals surface area contributed by atoms with Gasteiger partial charge in [-0.2, -0.15) is 0 Å². The Morgan fingerprint density at radius 3 is 2.47 bits per heavy atom. The van der Waals surface area contributed by atoms with Crippen LogP contribution in [0, 0.1) is 5.41 Å². The van der Waals surface area contributed by atoms with Crippen LogP contribution < -0.4 is 5.73 Å². The minimum Gasteiger partial charge on any atom is -0.325 e. The predicted octanol–water partition coefficient (Wildman–Crippen LogP) is 4.03. The Morgan fingerprint density at radius 2 is 2.00 bits per heavy atom. The number of rotatable bonds is 2. The fourth-order valence-corrected chi connectivity index (χ4v) is 2.26. The molecule has 88 valence electrons. The van der Waals surface area contributed by atoms with Gasteiger partial charge < -0.3 is 5.73 Å². The third kappa shape index (κ3) is 4.27. The lowest BCUT2D eigenvalue weighted by atomic mass is 9.72.